The van der Waals surface area contributed by atoms with Crippen molar-refractivity contribution < 1.29 is 0 Å². The first kappa shape index (κ1) is 14.9. The van der Waals surface area contributed by atoms with Gasteiger partial charge in [-0.1, -0.05) is 80.7 Å². The zero-order valence-corrected chi connectivity index (χ0v) is 11.5. The summed E-state index contributed by atoms with van der Waals surface area (Å²) in [6.45, 7) is 4.46. The first-order valence-electron chi connectivity index (χ1n) is 5.65. The van der Waals surface area contributed by atoms with Crippen LogP contribution in [0.3, 0.4) is 0 Å². The molecule has 0 nitrogen and oxygen atoms in total. The van der Waals surface area contributed by atoms with Gasteiger partial charge in [-0.25, -0.2) is 0 Å². The second kappa shape index (κ2) is 12.0. The molecule has 0 heterocycles. The lowest BCUT2D eigenvalue weighted by Gasteiger charge is -1.92. The molecule has 86 valence electrons. The van der Waals surface area contributed by atoms with E-state index in [2.05, 4.69) is 37.6 Å². The monoisotopic (exact) mass is 242 g/mol. The molecule has 0 aliphatic rings. The lowest BCUT2D eigenvalue weighted by Crippen LogP contribution is -1.73. The fraction of sp³-hybridized carbons (Fsp3) is 0.538. The van der Waals surface area contributed by atoms with Crippen LogP contribution in [0, 0.1) is 0 Å². The summed E-state index contributed by atoms with van der Waals surface area (Å²) < 4.78 is 0. The van der Waals surface area contributed by atoms with Gasteiger partial charge in [-0.2, -0.15) is 0 Å². The van der Waals surface area contributed by atoms with E-state index in [9.17, 15) is 0 Å². The minimum absolute atomic E-state index is 0.990. The summed E-state index contributed by atoms with van der Waals surface area (Å²) in [6.07, 6.45) is 5.54. The molecule has 0 aliphatic heterocycles. The summed E-state index contributed by atoms with van der Waals surface area (Å²) in [7, 11) is 1.55. The predicted molar refractivity (Wildman–Crippen MR) is 76.5 cm³/mol. The number of thiol groups is 1. The van der Waals surface area contributed by atoms with Gasteiger partial charge in [0.1, 0.15) is 0 Å². The van der Waals surface area contributed by atoms with Crippen LogP contribution in [-0.2, 0) is 5.75 Å². The molecule has 0 bridgehead atoms. The Hall–Kier alpha value is -0.0800. The Labute approximate surface area is 104 Å². The Morgan fingerprint density at radius 1 is 1.00 bits per heavy atom. The van der Waals surface area contributed by atoms with Gasteiger partial charge >= 0.3 is 0 Å². The highest BCUT2D eigenvalue weighted by Crippen LogP contribution is 2.13. The zero-order valence-electron chi connectivity index (χ0n) is 9.78. The Morgan fingerprint density at radius 2 is 1.53 bits per heavy atom. The first-order valence-corrected chi connectivity index (χ1v) is 7.69. The summed E-state index contributed by atoms with van der Waals surface area (Å²) in [5, 5.41) is 0. The number of benzene rings is 1. The van der Waals surface area contributed by atoms with Crippen LogP contribution in [0.2, 0.25) is 0 Å². The molecule has 1 aromatic rings. The van der Waals surface area contributed by atoms with Gasteiger partial charge in [-0.05, 0) is 5.56 Å². The van der Waals surface area contributed by atoms with E-state index in [4.69, 9.17) is 0 Å². The van der Waals surface area contributed by atoms with Crippen LogP contribution in [-0.4, -0.2) is 0 Å². The van der Waals surface area contributed by atoms with Crippen LogP contribution >= 0.6 is 22.5 Å². The summed E-state index contributed by atoms with van der Waals surface area (Å²) in [4.78, 5) is 0. The Bertz CT molecular complexity index is 205. The number of hydrogen-bond acceptors (Lipinski definition) is 2. The van der Waals surface area contributed by atoms with Gasteiger partial charge in [0.2, 0.25) is 0 Å². The molecule has 0 amide bonds. The standard InChI is InChI=1S/C7H8S2.C6H14/c8-9-6-7-4-2-1-3-5-7;1-3-5-6-4-2/h1-5,8H,6H2;3-6H2,1-2H3. The van der Waals surface area contributed by atoms with Gasteiger partial charge in [-0.3, -0.25) is 0 Å². The molecule has 0 unspecified atom stereocenters. The molecule has 0 N–H and O–H groups in total. The van der Waals surface area contributed by atoms with E-state index >= 15 is 0 Å². The highest BCUT2D eigenvalue weighted by Gasteiger charge is 1.85. The molecular weight excluding hydrogens is 220 g/mol. The third-order valence-electron chi connectivity index (χ3n) is 2.03. The van der Waals surface area contributed by atoms with Crippen LogP contribution in [0.4, 0.5) is 0 Å². The quantitative estimate of drug-likeness (QED) is 0.412. The van der Waals surface area contributed by atoms with Gasteiger partial charge in [0.25, 0.3) is 0 Å². The molecule has 0 aliphatic carbocycles. The minimum atomic E-state index is 0.990. The van der Waals surface area contributed by atoms with Crippen molar-refractivity contribution in [3.8, 4) is 0 Å². The van der Waals surface area contributed by atoms with E-state index in [1.165, 1.54) is 31.2 Å². The largest absolute Gasteiger partial charge is 0.111 e. The molecule has 0 radical (unpaired) electrons. The summed E-state index contributed by atoms with van der Waals surface area (Å²) >= 11 is 4.05. The Morgan fingerprint density at radius 3 is 1.93 bits per heavy atom. The summed E-state index contributed by atoms with van der Waals surface area (Å²) in [5.41, 5.74) is 1.33. The van der Waals surface area contributed by atoms with Crippen molar-refractivity contribution in [3.63, 3.8) is 0 Å². The molecule has 1 rings (SSSR count). The van der Waals surface area contributed by atoms with Crippen molar-refractivity contribution in [2.45, 2.75) is 45.3 Å². The van der Waals surface area contributed by atoms with Gasteiger partial charge in [0.05, 0.1) is 0 Å². The molecule has 0 saturated heterocycles. The van der Waals surface area contributed by atoms with Crippen molar-refractivity contribution in [2.75, 3.05) is 0 Å². The Kier molecular flexibility index (Phi) is 11.9. The molecule has 0 atom stereocenters. The summed E-state index contributed by atoms with van der Waals surface area (Å²) in [5.74, 6) is 0.990. The summed E-state index contributed by atoms with van der Waals surface area (Å²) in [6, 6.07) is 10.3. The van der Waals surface area contributed by atoms with Crippen molar-refractivity contribution in [1.82, 2.24) is 0 Å². The molecule has 0 saturated carbocycles. The van der Waals surface area contributed by atoms with E-state index in [1.807, 2.05) is 18.2 Å². The van der Waals surface area contributed by atoms with E-state index in [-0.39, 0.29) is 0 Å². The third kappa shape index (κ3) is 10.2. The van der Waals surface area contributed by atoms with E-state index in [0.717, 1.165) is 5.75 Å². The van der Waals surface area contributed by atoms with E-state index in [1.54, 1.807) is 10.8 Å². The smallest absolute Gasteiger partial charge is 0.0286 e. The van der Waals surface area contributed by atoms with Crippen molar-refractivity contribution >= 4 is 22.5 Å². The van der Waals surface area contributed by atoms with E-state index in [0.29, 0.717) is 0 Å². The average molecular weight is 242 g/mol. The lowest BCUT2D eigenvalue weighted by molar-refractivity contribution is 0.702. The highest BCUT2D eigenvalue weighted by atomic mass is 33.1. The first-order chi connectivity index (χ1) is 7.35. The maximum absolute atomic E-state index is 4.05. The van der Waals surface area contributed by atoms with Crippen LogP contribution in [0.5, 0.6) is 0 Å². The molecule has 2 heteroatoms. The second-order valence-corrected chi connectivity index (χ2v) is 4.79. The van der Waals surface area contributed by atoms with Gasteiger partial charge in [0, 0.05) is 5.75 Å². The number of unbranched alkanes of at least 4 members (excludes halogenated alkanes) is 3. The molecule has 0 aromatic heterocycles. The van der Waals surface area contributed by atoms with Crippen molar-refractivity contribution in [1.29, 1.82) is 0 Å². The minimum Gasteiger partial charge on any atom is -0.111 e. The highest BCUT2D eigenvalue weighted by molar-refractivity contribution is 8.68. The molecular formula is C13H22S2. The second-order valence-electron chi connectivity index (χ2n) is 3.47. The van der Waals surface area contributed by atoms with E-state index < -0.39 is 0 Å². The van der Waals surface area contributed by atoms with Gasteiger partial charge in [-0.15, -0.1) is 11.7 Å². The van der Waals surface area contributed by atoms with Crippen LogP contribution in [0.25, 0.3) is 0 Å². The maximum atomic E-state index is 4.05. The topological polar surface area (TPSA) is 0 Å². The van der Waals surface area contributed by atoms with Crippen molar-refractivity contribution in [3.05, 3.63) is 35.9 Å². The lowest BCUT2D eigenvalue weighted by atomic mass is 10.2. The molecule has 0 spiro atoms. The van der Waals surface area contributed by atoms with Crippen LogP contribution in [0.15, 0.2) is 30.3 Å². The molecule has 1 aromatic carbocycles. The van der Waals surface area contributed by atoms with Gasteiger partial charge in [0.15, 0.2) is 0 Å². The third-order valence-corrected chi connectivity index (χ3v) is 2.88. The SMILES string of the molecule is CCCCCC.SSCc1ccccc1. The normalized spacial score (nSPS) is 9.27. The molecule has 15 heavy (non-hydrogen) atoms. The average Bonchev–Trinajstić information content (AvgIpc) is 2.29. The zero-order chi connectivity index (χ0) is 11.4. The van der Waals surface area contributed by atoms with Crippen molar-refractivity contribution in [2.24, 2.45) is 0 Å². The fourth-order valence-corrected chi connectivity index (χ4v) is 1.94. The maximum Gasteiger partial charge on any atom is 0.0286 e. The van der Waals surface area contributed by atoms with Crippen LogP contribution in [0.1, 0.15) is 45.1 Å². The number of rotatable bonds is 5. The predicted octanol–water partition coefficient (Wildman–Crippen LogP) is 5.35. The fourth-order valence-electron chi connectivity index (χ4n) is 1.15. The van der Waals surface area contributed by atoms with Crippen LogP contribution < -0.4 is 0 Å². The Balaban J connectivity index is 0.000000288. The molecule has 0 fully saturated rings. The number of hydrogen-bond donors (Lipinski definition) is 1. The van der Waals surface area contributed by atoms with Gasteiger partial charge < -0.3 is 0 Å².